The first-order valence-electron chi connectivity index (χ1n) is 6.41. The zero-order valence-corrected chi connectivity index (χ0v) is 12.5. The summed E-state index contributed by atoms with van der Waals surface area (Å²) in [7, 11) is -0.858. The standard InChI is InChI=1S/C14H20ClNOS/c1-10-4-3-5-14(10)16-12-6-7-13(15)11(8-12)9-18(2)17/h6-8,10,14,16H,3-5,9H2,1-2H3/t10-,14+,18+/m1/s1. The van der Waals surface area contributed by atoms with E-state index in [-0.39, 0.29) is 0 Å². The van der Waals surface area contributed by atoms with Gasteiger partial charge in [-0.05, 0) is 42.5 Å². The maximum Gasteiger partial charge on any atom is 0.0498 e. The summed E-state index contributed by atoms with van der Waals surface area (Å²) in [6.07, 6.45) is 5.55. The molecule has 18 heavy (non-hydrogen) atoms. The van der Waals surface area contributed by atoms with Crippen LogP contribution in [-0.2, 0) is 16.6 Å². The minimum atomic E-state index is -0.858. The molecule has 0 amide bonds. The molecule has 0 radical (unpaired) electrons. The molecule has 1 aliphatic carbocycles. The maximum absolute atomic E-state index is 11.3. The minimum Gasteiger partial charge on any atom is -0.382 e. The summed E-state index contributed by atoms with van der Waals surface area (Å²) in [4.78, 5) is 0. The van der Waals surface area contributed by atoms with E-state index in [0.29, 0.717) is 16.8 Å². The molecule has 1 fully saturated rings. The summed E-state index contributed by atoms with van der Waals surface area (Å²) in [5, 5.41) is 4.28. The first kappa shape index (κ1) is 13.9. The van der Waals surface area contributed by atoms with E-state index < -0.39 is 10.8 Å². The average molecular weight is 286 g/mol. The zero-order valence-electron chi connectivity index (χ0n) is 10.9. The predicted molar refractivity (Wildman–Crippen MR) is 79.6 cm³/mol. The van der Waals surface area contributed by atoms with Crippen molar-refractivity contribution in [1.82, 2.24) is 0 Å². The molecule has 0 saturated heterocycles. The third kappa shape index (κ3) is 3.48. The molecule has 100 valence electrons. The van der Waals surface area contributed by atoms with Crippen molar-refractivity contribution in [2.45, 2.75) is 38.0 Å². The van der Waals surface area contributed by atoms with Crippen LogP contribution in [0.1, 0.15) is 31.7 Å². The van der Waals surface area contributed by atoms with Gasteiger partial charge in [0.1, 0.15) is 0 Å². The van der Waals surface area contributed by atoms with E-state index in [1.807, 2.05) is 18.2 Å². The molecule has 2 rings (SSSR count). The summed E-state index contributed by atoms with van der Waals surface area (Å²) in [5.41, 5.74) is 2.06. The fourth-order valence-corrected chi connectivity index (χ4v) is 3.51. The fraction of sp³-hybridized carbons (Fsp3) is 0.571. The highest BCUT2D eigenvalue weighted by Gasteiger charge is 2.23. The molecule has 0 spiro atoms. The molecule has 1 aromatic carbocycles. The Morgan fingerprint density at radius 1 is 1.44 bits per heavy atom. The van der Waals surface area contributed by atoms with Crippen molar-refractivity contribution >= 4 is 28.1 Å². The number of hydrogen-bond acceptors (Lipinski definition) is 2. The van der Waals surface area contributed by atoms with Crippen molar-refractivity contribution in [3.8, 4) is 0 Å². The maximum atomic E-state index is 11.3. The Labute approximate surface area is 117 Å². The first-order valence-corrected chi connectivity index (χ1v) is 8.52. The van der Waals surface area contributed by atoms with Crippen molar-refractivity contribution in [3.05, 3.63) is 28.8 Å². The van der Waals surface area contributed by atoms with Crippen molar-refractivity contribution < 1.29 is 4.21 Å². The summed E-state index contributed by atoms with van der Waals surface area (Å²) >= 11 is 6.12. The van der Waals surface area contributed by atoms with Gasteiger partial charge in [-0.15, -0.1) is 0 Å². The molecule has 1 saturated carbocycles. The third-order valence-corrected chi connectivity index (χ3v) is 4.70. The lowest BCUT2D eigenvalue weighted by Gasteiger charge is -2.19. The van der Waals surface area contributed by atoms with E-state index in [1.165, 1.54) is 19.3 Å². The van der Waals surface area contributed by atoms with Crippen molar-refractivity contribution in [2.24, 2.45) is 5.92 Å². The molecule has 0 bridgehead atoms. The zero-order chi connectivity index (χ0) is 13.1. The van der Waals surface area contributed by atoms with Crippen LogP contribution in [0, 0.1) is 5.92 Å². The molecular weight excluding hydrogens is 266 g/mol. The Hall–Kier alpha value is -0.540. The van der Waals surface area contributed by atoms with E-state index >= 15 is 0 Å². The smallest absolute Gasteiger partial charge is 0.0498 e. The van der Waals surface area contributed by atoms with Crippen LogP contribution in [0.3, 0.4) is 0 Å². The largest absolute Gasteiger partial charge is 0.382 e. The van der Waals surface area contributed by atoms with Crippen LogP contribution in [0.15, 0.2) is 18.2 Å². The highest BCUT2D eigenvalue weighted by Crippen LogP contribution is 2.29. The highest BCUT2D eigenvalue weighted by molar-refractivity contribution is 7.83. The molecular formula is C14H20ClNOS. The first-order chi connectivity index (χ1) is 8.56. The molecule has 0 aromatic heterocycles. The van der Waals surface area contributed by atoms with E-state index in [1.54, 1.807) is 6.26 Å². The van der Waals surface area contributed by atoms with Gasteiger partial charge in [-0.1, -0.05) is 24.9 Å². The second kappa shape index (κ2) is 6.07. The molecule has 4 heteroatoms. The lowest BCUT2D eigenvalue weighted by molar-refractivity contribution is 0.556. The van der Waals surface area contributed by atoms with Gasteiger partial charge in [0, 0.05) is 39.6 Å². The van der Waals surface area contributed by atoms with Gasteiger partial charge >= 0.3 is 0 Å². The van der Waals surface area contributed by atoms with Gasteiger partial charge < -0.3 is 5.32 Å². The second-order valence-electron chi connectivity index (χ2n) is 5.18. The van der Waals surface area contributed by atoms with Gasteiger partial charge in [0.2, 0.25) is 0 Å². The third-order valence-electron chi connectivity index (χ3n) is 3.62. The number of nitrogens with one attached hydrogen (secondary N) is 1. The molecule has 0 unspecified atom stereocenters. The van der Waals surface area contributed by atoms with E-state index in [0.717, 1.165) is 17.2 Å². The van der Waals surface area contributed by atoms with E-state index in [4.69, 9.17) is 11.6 Å². The molecule has 1 aromatic rings. The van der Waals surface area contributed by atoms with Crippen LogP contribution in [0.5, 0.6) is 0 Å². The van der Waals surface area contributed by atoms with Crippen LogP contribution < -0.4 is 5.32 Å². The molecule has 1 aliphatic rings. The minimum absolute atomic E-state index is 0.522. The molecule has 3 atom stereocenters. The Bertz CT molecular complexity index is 449. The van der Waals surface area contributed by atoms with Gasteiger partial charge in [-0.25, -0.2) is 0 Å². The van der Waals surface area contributed by atoms with Crippen molar-refractivity contribution in [2.75, 3.05) is 11.6 Å². The number of benzene rings is 1. The van der Waals surface area contributed by atoms with Crippen LogP contribution in [0.2, 0.25) is 5.02 Å². The Kier molecular flexibility index (Phi) is 4.68. The SMILES string of the molecule is C[C@@H]1CCC[C@@H]1Nc1ccc(Cl)c(C[S@](C)=O)c1. The lowest BCUT2D eigenvalue weighted by atomic mass is 10.1. The van der Waals surface area contributed by atoms with Gasteiger partial charge in [0.15, 0.2) is 0 Å². The molecule has 0 aliphatic heterocycles. The topological polar surface area (TPSA) is 29.1 Å². The van der Waals surface area contributed by atoms with Crippen LogP contribution >= 0.6 is 11.6 Å². The van der Waals surface area contributed by atoms with Crippen LogP contribution in [-0.4, -0.2) is 16.5 Å². The van der Waals surface area contributed by atoms with Crippen molar-refractivity contribution in [3.63, 3.8) is 0 Å². The summed E-state index contributed by atoms with van der Waals surface area (Å²) in [6, 6.07) is 6.50. The van der Waals surface area contributed by atoms with Gasteiger partial charge in [0.25, 0.3) is 0 Å². The van der Waals surface area contributed by atoms with E-state index in [2.05, 4.69) is 12.2 Å². The predicted octanol–water partition coefficient (Wildman–Crippen LogP) is 3.82. The highest BCUT2D eigenvalue weighted by atomic mass is 35.5. The van der Waals surface area contributed by atoms with Crippen molar-refractivity contribution in [1.29, 1.82) is 0 Å². The summed E-state index contributed by atoms with van der Waals surface area (Å²) in [6.45, 7) is 2.29. The fourth-order valence-electron chi connectivity index (χ4n) is 2.57. The lowest BCUT2D eigenvalue weighted by Crippen LogP contribution is -2.21. The number of anilines is 1. The summed E-state index contributed by atoms with van der Waals surface area (Å²) in [5.74, 6) is 1.25. The normalized spacial score (nSPS) is 25.1. The van der Waals surface area contributed by atoms with E-state index in [9.17, 15) is 4.21 Å². The number of hydrogen-bond donors (Lipinski definition) is 1. The molecule has 0 heterocycles. The van der Waals surface area contributed by atoms with Crippen LogP contribution in [0.25, 0.3) is 0 Å². The van der Waals surface area contributed by atoms with Gasteiger partial charge in [0.05, 0.1) is 0 Å². The number of rotatable bonds is 4. The number of halogens is 1. The molecule has 2 nitrogen and oxygen atoms in total. The second-order valence-corrected chi connectivity index (χ2v) is 7.02. The quantitative estimate of drug-likeness (QED) is 0.911. The van der Waals surface area contributed by atoms with Gasteiger partial charge in [-0.2, -0.15) is 0 Å². The Balaban J connectivity index is 2.11. The Morgan fingerprint density at radius 3 is 2.83 bits per heavy atom. The average Bonchev–Trinajstić information content (AvgIpc) is 2.69. The Morgan fingerprint density at radius 2 is 2.22 bits per heavy atom. The molecule has 1 N–H and O–H groups in total. The monoisotopic (exact) mass is 285 g/mol. The van der Waals surface area contributed by atoms with Crippen LogP contribution in [0.4, 0.5) is 5.69 Å². The summed E-state index contributed by atoms with van der Waals surface area (Å²) < 4.78 is 11.3. The van der Waals surface area contributed by atoms with Gasteiger partial charge in [-0.3, -0.25) is 4.21 Å².